The van der Waals surface area contributed by atoms with Crippen molar-refractivity contribution in [3.8, 4) is 0 Å². The summed E-state index contributed by atoms with van der Waals surface area (Å²) >= 11 is 5.92. The van der Waals surface area contributed by atoms with Gasteiger partial charge in [0.25, 0.3) is 5.91 Å². The van der Waals surface area contributed by atoms with Gasteiger partial charge in [-0.2, -0.15) is 0 Å². The molecule has 0 unspecified atom stereocenters. The first-order chi connectivity index (χ1) is 12.8. The van der Waals surface area contributed by atoms with Gasteiger partial charge in [-0.05, 0) is 35.4 Å². The molecule has 0 radical (unpaired) electrons. The molecule has 1 heterocycles. The fourth-order valence-corrected chi connectivity index (χ4v) is 4.11. The third kappa shape index (κ3) is 5.79. The van der Waals surface area contributed by atoms with Gasteiger partial charge in [0.2, 0.25) is 0 Å². The van der Waals surface area contributed by atoms with E-state index >= 15 is 0 Å². The minimum Gasteiger partial charge on any atom is -0.336 e. The number of carbonyl (C=O) groups is 1. The second-order valence-corrected chi connectivity index (χ2v) is 9.54. The molecule has 144 valence electrons. The van der Waals surface area contributed by atoms with Crippen LogP contribution in [0.15, 0.2) is 48.5 Å². The normalized spacial score (nSPS) is 15.7. The van der Waals surface area contributed by atoms with Crippen LogP contribution in [0.1, 0.15) is 21.5 Å². The number of hydrogen-bond donors (Lipinski definition) is 0. The maximum absolute atomic E-state index is 12.7. The third-order valence-corrected chi connectivity index (χ3v) is 5.72. The highest BCUT2D eigenvalue weighted by Gasteiger charge is 2.22. The molecule has 0 bridgehead atoms. The Morgan fingerprint density at radius 1 is 0.926 bits per heavy atom. The molecule has 2 aromatic carbocycles. The van der Waals surface area contributed by atoms with Gasteiger partial charge in [0, 0.05) is 49.6 Å². The second kappa shape index (κ2) is 8.42. The average Bonchev–Trinajstić information content (AvgIpc) is 2.63. The molecule has 0 atom stereocenters. The maximum atomic E-state index is 12.7. The number of sulfone groups is 1. The van der Waals surface area contributed by atoms with Gasteiger partial charge in [-0.3, -0.25) is 9.69 Å². The fourth-order valence-electron chi connectivity index (χ4n) is 3.19. The van der Waals surface area contributed by atoms with Crippen molar-refractivity contribution in [3.05, 3.63) is 70.2 Å². The van der Waals surface area contributed by atoms with E-state index in [1.165, 1.54) is 11.8 Å². The quantitative estimate of drug-likeness (QED) is 0.766. The minimum absolute atomic E-state index is 0.00736. The molecule has 0 spiro atoms. The van der Waals surface area contributed by atoms with Gasteiger partial charge < -0.3 is 4.90 Å². The summed E-state index contributed by atoms with van der Waals surface area (Å²) in [6, 6.07) is 14.7. The summed E-state index contributed by atoms with van der Waals surface area (Å²) in [5.74, 6) is -0.0164. The first kappa shape index (κ1) is 19.9. The average molecular weight is 407 g/mol. The van der Waals surface area contributed by atoms with Crippen LogP contribution in [0.4, 0.5) is 0 Å². The van der Waals surface area contributed by atoms with E-state index in [1.54, 1.807) is 24.3 Å². The monoisotopic (exact) mass is 406 g/mol. The number of nitrogens with zero attached hydrogens (tertiary/aromatic N) is 2. The number of benzene rings is 2. The lowest BCUT2D eigenvalue weighted by molar-refractivity contribution is 0.0628. The van der Waals surface area contributed by atoms with E-state index in [0.29, 0.717) is 24.2 Å². The van der Waals surface area contributed by atoms with Crippen LogP contribution in [0.3, 0.4) is 0 Å². The van der Waals surface area contributed by atoms with Crippen molar-refractivity contribution in [3.63, 3.8) is 0 Å². The lowest BCUT2D eigenvalue weighted by Gasteiger charge is -2.34. The van der Waals surface area contributed by atoms with E-state index in [0.717, 1.165) is 24.7 Å². The molecule has 5 nitrogen and oxygen atoms in total. The Labute approximate surface area is 165 Å². The lowest BCUT2D eigenvalue weighted by atomic mass is 10.1. The van der Waals surface area contributed by atoms with Gasteiger partial charge in [-0.15, -0.1) is 0 Å². The summed E-state index contributed by atoms with van der Waals surface area (Å²) in [7, 11) is -3.07. The fraction of sp³-hybridized carbons (Fsp3) is 0.350. The molecule has 27 heavy (non-hydrogen) atoms. The molecule has 1 aliphatic rings. The molecule has 1 aliphatic heterocycles. The van der Waals surface area contributed by atoms with Crippen LogP contribution < -0.4 is 0 Å². The van der Waals surface area contributed by atoms with Crippen LogP contribution in [0, 0.1) is 0 Å². The third-order valence-electron chi connectivity index (χ3n) is 4.61. The van der Waals surface area contributed by atoms with Crippen LogP contribution >= 0.6 is 11.6 Å². The highest BCUT2D eigenvalue weighted by atomic mass is 35.5. The van der Waals surface area contributed by atoms with Crippen LogP contribution in [0.2, 0.25) is 5.02 Å². The molecular formula is C20H23ClN2O3S. The first-order valence-electron chi connectivity index (χ1n) is 8.83. The summed E-state index contributed by atoms with van der Waals surface area (Å²) in [5.41, 5.74) is 2.50. The Hall–Kier alpha value is -1.89. The van der Waals surface area contributed by atoms with E-state index in [9.17, 15) is 13.2 Å². The van der Waals surface area contributed by atoms with Gasteiger partial charge in [-0.25, -0.2) is 8.42 Å². The Morgan fingerprint density at radius 2 is 1.48 bits per heavy atom. The summed E-state index contributed by atoms with van der Waals surface area (Å²) in [5, 5.41) is 0.733. The Morgan fingerprint density at radius 3 is 2.04 bits per heavy atom. The van der Waals surface area contributed by atoms with E-state index in [-0.39, 0.29) is 11.7 Å². The van der Waals surface area contributed by atoms with Gasteiger partial charge in [-0.1, -0.05) is 35.9 Å². The molecule has 2 aromatic rings. The second-order valence-electron chi connectivity index (χ2n) is 6.96. The van der Waals surface area contributed by atoms with Crippen LogP contribution in [-0.4, -0.2) is 56.6 Å². The molecule has 1 fully saturated rings. The van der Waals surface area contributed by atoms with Crippen LogP contribution in [-0.2, 0) is 22.1 Å². The lowest BCUT2D eigenvalue weighted by Crippen LogP contribution is -2.48. The number of carbonyl (C=O) groups excluding carboxylic acids is 1. The molecule has 1 amide bonds. The molecule has 0 saturated carbocycles. The largest absolute Gasteiger partial charge is 0.336 e. The molecule has 0 aromatic heterocycles. The maximum Gasteiger partial charge on any atom is 0.253 e. The zero-order valence-electron chi connectivity index (χ0n) is 15.3. The summed E-state index contributed by atoms with van der Waals surface area (Å²) in [4.78, 5) is 16.8. The van der Waals surface area contributed by atoms with Gasteiger partial charge >= 0.3 is 0 Å². The number of piperazine rings is 1. The van der Waals surface area contributed by atoms with Gasteiger partial charge in [0.15, 0.2) is 9.84 Å². The van der Waals surface area contributed by atoms with Crippen molar-refractivity contribution in [1.82, 2.24) is 9.80 Å². The van der Waals surface area contributed by atoms with Crippen LogP contribution in [0.25, 0.3) is 0 Å². The van der Waals surface area contributed by atoms with Crippen molar-refractivity contribution < 1.29 is 13.2 Å². The molecule has 0 N–H and O–H groups in total. The number of halogens is 1. The zero-order chi connectivity index (χ0) is 19.4. The van der Waals surface area contributed by atoms with Gasteiger partial charge in [0.05, 0.1) is 5.75 Å². The van der Waals surface area contributed by atoms with Crippen LogP contribution in [0.5, 0.6) is 0 Å². The van der Waals surface area contributed by atoms with E-state index in [2.05, 4.69) is 4.90 Å². The number of rotatable bonds is 5. The topological polar surface area (TPSA) is 57.7 Å². The Bertz CT molecular complexity index is 888. The smallest absolute Gasteiger partial charge is 0.253 e. The molecule has 3 rings (SSSR count). The van der Waals surface area contributed by atoms with E-state index in [1.807, 2.05) is 29.2 Å². The van der Waals surface area contributed by atoms with E-state index in [4.69, 9.17) is 11.6 Å². The van der Waals surface area contributed by atoms with Crippen molar-refractivity contribution in [1.29, 1.82) is 0 Å². The predicted octanol–water partition coefficient (Wildman–Crippen LogP) is 2.84. The van der Waals surface area contributed by atoms with Crippen molar-refractivity contribution in [2.75, 3.05) is 32.4 Å². The summed E-state index contributed by atoms with van der Waals surface area (Å²) in [6.07, 6.45) is 1.20. The predicted molar refractivity (Wildman–Crippen MR) is 108 cm³/mol. The van der Waals surface area contributed by atoms with Crippen molar-refractivity contribution >= 4 is 27.3 Å². The van der Waals surface area contributed by atoms with Crippen molar-refractivity contribution in [2.24, 2.45) is 0 Å². The summed E-state index contributed by atoms with van der Waals surface area (Å²) < 4.78 is 22.7. The molecule has 0 aliphatic carbocycles. The highest BCUT2D eigenvalue weighted by Crippen LogP contribution is 2.15. The Kier molecular flexibility index (Phi) is 6.19. The Balaban J connectivity index is 1.54. The number of amides is 1. The standard InChI is InChI=1S/C20H23ClN2O3S/c1-27(25,26)15-17-2-6-18(7-3-17)20(24)23-12-10-22(11-13-23)14-16-4-8-19(21)9-5-16/h2-9H,10-15H2,1H3. The molecule has 1 saturated heterocycles. The van der Waals surface area contributed by atoms with E-state index < -0.39 is 9.84 Å². The zero-order valence-corrected chi connectivity index (χ0v) is 16.8. The van der Waals surface area contributed by atoms with Crippen molar-refractivity contribution in [2.45, 2.75) is 12.3 Å². The summed E-state index contributed by atoms with van der Waals surface area (Å²) in [6.45, 7) is 3.84. The molecular weight excluding hydrogens is 384 g/mol. The first-order valence-corrected chi connectivity index (χ1v) is 11.3. The molecule has 7 heteroatoms. The highest BCUT2D eigenvalue weighted by molar-refractivity contribution is 7.89. The minimum atomic E-state index is -3.07. The SMILES string of the molecule is CS(=O)(=O)Cc1ccc(C(=O)N2CCN(Cc3ccc(Cl)cc3)CC2)cc1. The van der Waals surface area contributed by atoms with Gasteiger partial charge in [0.1, 0.15) is 0 Å². The number of hydrogen-bond acceptors (Lipinski definition) is 4.